The number of aromatic nitrogens is 3. The van der Waals surface area contributed by atoms with E-state index in [0.717, 1.165) is 22.9 Å². The second kappa shape index (κ2) is 9.28. The zero-order chi connectivity index (χ0) is 22.8. The predicted molar refractivity (Wildman–Crippen MR) is 117 cm³/mol. The van der Waals surface area contributed by atoms with E-state index in [1.165, 1.54) is 6.07 Å². The first kappa shape index (κ1) is 23.1. The summed E-state index contributed by atoms with van der Waals surface area (Å²) in [7, 11) is 0. The highest BCUT2D eigenvalue weighted by Gasteiger charge is 2.34. The first-order valence-electron chi connectivity index (χ1n) is 9.46. The van der Waals surface area contributed by atoms with Crippen molar-refractivity contribution in [3.63, 3.8) is 0 Å². The molecule has 9 heteroatoms. The SMILES string of the molecule is Cc1ccc(C(F)(F)CNC(=O)c2nc(C)nnc2Sc2cc(C)ccc2Cl)c(C)c1. The van der Waals surface area contributed by atoms with Gasteiger partial charge in [0, 0.05) is 10.5 Å². The van der Waals surface area contributed by atoms with Gasteiger partial charge in [0.15, 0.2) is 10.7 Å². The van der Waals surface area contributed by atoms with Gasteiger partial charge in [0.05, 0.1) is 11.6 Å². The number of rotatable bonds is 6. The third-order valence-electron chi connectivity index (χ3n) is 4.52. The van der Waals surface area contributed by atoms with Gasteiger partial charge < -0.3 is 5.32 Å². The highest BCUT2D eigenvalue weighted by molar-refractivity contribution is 7.99. The summed E-state index contributed by atoms with van der Waals surface area (Å²) in [6.07, 6.45) is 0. The lowest BCUT2D eigenvalue weighted by Crippen LogP contribution is -2.36. The average Bonchev–Trinajstić information content (AvgIpc) is 2.70. The van der Waals surface area contributed by atoms with E-state index in [0.29, 0.717) is 15.5 Å². The van der Waals surface area contributed by atoms with E-state index in [4.69, 9.17) is 11.6 Å². The van der Waals surface area contributed by atoms with E-state index < -0.39 is 18.4 Å². The molecule has 2 aromatic carbocycles. The molecular weight excluding hydrogens is 442 g/mol. The first-order valence-corrected chi connectivity index (χ1v) is 10.7. The minimum absolute atomic E-state index is 0.0773. The van der Waals surface area contributed by atoms with Crippen molar-refractivity contribution in [2.24, 2.45) is 0 Å². The van der Waals surface area contributed by atoms with Crippen LogP contribution in [0.3, 0.4) is 0 Å². The maximum Gasteiger partial charge on any atom is 0.290 e. The molecule has 1 heterocycles. The summed E-state index contributed by atoms with van der Waals surface area (Å²) in [5, 5.41) is 10.9. The van der Waals surface area contributed by atoms with Gasteiger partial charge in [0.1, 0.15) is 5.82 Å². The molecule has 1 aromatic heterocycles. The van der Waals surface area contributed by atoms with Crippen LogP contribution >= 0.6 is 23.4 Å². The van der Waals surface area contributed by atoms with Crippen LogP contribution in [0.1, 0.15) is 38.6 Å². The van der Waals surface area contributed by atoms with Gasteiger partial charge in [0.25, 0.3) is 11.8 Å². The lowest BCUT2D eigenvalue weighted by atomic mass is 10.0. The number of carbonyl (C=O) groups excluding carboxylic acids is 1. The summed E-state index contributed by atoms with van der Waals surface area (Å²) >= 11 is 7.34. The van der Waals surface area contributed by atoms with Gasteiger partial charge in [-0.2, -0.15) is 8.78 Å². The Labute approximate surface area is 188 Å². The smallest absolute Gasteiger partial charge is 0.290 e. The fraction of sp³-hybridized carbons (Fsp3) is 0.273. The maximum absolute atomic E-state index is 14.8. The summed E-state index contributed by atoms with van der Waals surface area (Å²) in [5.74, 6) is -3.74. The number of hydrogen-bond donors (Lipinski definition) is 1. The molecule has 0 radical (unpaired) electrons. The minimum atomic E-state index is -3.24. The standard InChI is InChI=1S/C22H21ClF2N4OS/c1-12-5-7-16(14(3)9-12)22(24,25)11-26-20(30)19-21(29-28-15(4)27-19)31-18-10-13(2)6-8-17(18)23/h5-10H,11H2,1-4H3,(H,26,30). The number of hydrogen-bond acceptors (Lipinski definition) is 5. The molecule has 0 aliphatic heterocycles. The Kier molecular flexibility index (Phi) is 6.91. The van der Waals surface area contributed by atoms with Gasteiger partial charge in [-0.15, -0.1) is 10.2 Å². The Morgan fingerprint density at radius 1 is 1.06 bits per heavy atom. The normalized spacial score (nSPS) is 11.5. The number of halogens is 3. The van der Waals surface area contributed by atoms with Crippen LogP contribution in [-0.2, 0) is 5.92 Å². The Bertz CT molecular complexity index is 1140. The Morgan fingerprint density at radius 2 is 1.74 bits per heavy atom. The number of nitrogens with one attached hydrogen (secondary N) is 1. The summed E-state index contributed by atoms with van der Waals surface area (Å²) in [6.45, 7) is 6.06. The van der Waals surface area contributed by atoms with Gasteiger partial charge >= 0.3 is 0 Å². The number of alkyl halides is 2. The van der Waals surface area contributed by atoms with Crippen molar-refractivity contribution >= 4 is 29.3 Å². The largest absolute Gasteiger partial charge is 0.344 e. The second-order valence-electron chi connectivity index (χ2n) is 7.25. The van der Waals surface area contributed by atoms with Gasteiger partial charge in [-0.3, -0.25) is 4.79 Å². The van der Waals surface area contributed by atoms with Crippen molar-refractivity contribution in [1.82, 2.24) is 20.5 Å². The highest BCUT2D eigenvalue weighted by Crippen LogP contribution is 2.34. The summed E-state index contributed by atoms with van der Waals surface area (Å²) in [5.41, 5.74) is 2.12. The molecule has 0 spiro atoms. The topological polar surface area (TPSA) is 67.8 Å². The number of nitrogens with zero attached hydrogens (tertiary/aromatic N) is 3. The van der Waals surface area contributed by atoms with Crippen molar-refractivity contribution in [3.05, 3.63) is 75.2 Å². The molecule has 0 saturated heterocycles. The van der Waals surface area contributed by atoms with Crippen molar-refractivity contribution in [3.8, 4) is 0 Å². The first-order chi connectivity index (χ1) is 14.6. The highest BCUT2D eigenvalue weighted by atomic mass is 35.5. The van der Waals surface area contributed by atoms with Crippen LogP contribution in [0.2, 0.25) is 5.02 Å². The minimum Gasteiger partial charge on any atom is -0.344 e. The third kappa shape index (κ3) is 5.57. The molecule has 0 unspecified atom stereocenters. The van der Waals surface area contributed by atoms with Crippen LogP contribution in [0, 0.1) is 27.7 Å². The molecule has 162 valence electrons. The van der Waals surface area contributed by atoms with Crippen LogP contribution in [0.15, 0.2) is 46.3 Å². The molecule has 0 aliphatic carbocycles. The number of benzene rings is 2. The summed E-state index contributed by atoms with van der Waals surface area (Å²) in [4.78, 5) is 17.5. The van der Waals surface area contributed by atoms with Crippen LogP contribution in [0.25, 0.3) is 0 Å². The molecule has 5 nitrogen and oxygen atoms in total. The summed E-state index contributed by atoms with van der Waals surface area (Å²) < 4.78 is 29.5. The monoisotopic (exact) mass is 462 g/mol. The molecular formula is C22H21ClF2N4OS. The zero-order valence-corrected chi connectivity index (χ0v) is 19.0. The third-order valence-corrected chi connectivity index (χ3v) is 5.98. The van der Waals surface area contributed by atoms with Gasteiger partial charge in [-0.25, -0.2) is 4.98 Å². The van der Waals surface area contributed by atoms with Gasteiger partial charge in [-0.1, -0.05) is 53.2 Å². The Hall–Kier alpha value is -2.58. The van der Waals surface area contributed by atoms with Crippen LogP contribution in [0.5, 0.6) is 0 Å². The fourth-order valence-corrected chi connectivity index (χ4v) is 4.17. The molecule has 3 aromatic rings. The average molecular weight is 463 g/mol. The molecule has 0 atom stereocenters. The zero-order valence-electron chi connectivity index (χ0n) is 17.5. The predicted octanol–water partition coefficient (Wildman–Crippen LogP) is 5.43. The lowest BCUT2D eigenvalue weighted by molar-refractivity contribution is -0.00316. The van der Waals surface area contributed by atoms with E-state index in [2.05, 4.69) is 20.5 Å². The van der Waals surface area contributed by atoms with E-state index in [1.807, 2.05) is 26.0 Å². The molecule has 1 amide bonds. The Morgan fingerprint density at radius 3 is 2.45 bits per heavy atom. The number of carbonyl (C=O) groups is 1. The molecule has 0 fully saturated rings. The number of amides is 1. The molecule has 3 rings (SSSR count). The summed E-state index contributed by atoms with van der Waals surface area (Å²) in [6, 6.07) is 10.1. The van der Waals surface area contributed by atoms with Crippen LogP contribution in [0.4, 0.5) is 8.78 Å². The van der Waals surface area contributed by atoms with Crippen molar-refractivity contribution in [2.45, 2.75) is 43.5 Å². The van der Waals surface area contributed by atoms with Crippen molar-refractivity contribution in [1.29, 1.82) is 0 Å². The van der Waals surface area contributed by atoms with E-state index >= 15 is 0 Å². The molecule has 0 saturated carbocycles. The fourth-order valence-electron chi connectivity index (χ4n) is 3.00. The Balaban J connectivity index is 1.83. The quantitative estimate of drug-likeness (QED) is 0.529. The second-order valence-corrected chi connectivity index (χ2v) is 8.69. The molecule has 0 bridgehead atoms. The van der Waals surface area contributed by atoms with E-state index in [-0.39, 0.29) is 22.1 Å². The van der Waals surface area contributed by atoms with E-state index in [1.54, 1.807) is 32.0 Å². The number of aryl methyl sites for hydroxylation is 4. The van der Waals surface area contributed by atoms with Gasteiger partial charge in [0.2, 0.25) is 0 Å². The van der Waals surface area contributed by atoms with Gasteiger partial charge in [-0.05, 0) is 51.0 Å². The van der Waals surface area contributed by atoms with E-state index in [9.17, 15) is 13.6 Å². The van der Waals surface area contributed by atoms with Crippen LogP contribution in [-0.4, -0.2) is 27.6 Å². The maximum atomic E-state index is 14.8. The molecule has 31 heavy (non-hydrogen) atoms. The van der Waals surface area contributed by atoms with Crippen molar-refractivity contribution < 1.29 is 13.6 Å². The molecule has 1 N–H and O–H groups in total. The lowest BCUT2D eigenvalue weighted by Gasteiger charge is -2.20. The van der Waals surface area contributed by atoms with Crippen molar-refractivity contribution in [2.75, 3.05) is 6.54 Å². The molecule has 0 aliphatic rings. The van der Waals surface area contributed by atoms with Crippen LogP contribution < -0.4 is 5.32 Å².